The number of fused-ring (bicyclic) bond motifs is 1. The van der Waals surface area contributed by atoms with E-state index in [0.717, 1.165) is 0 Å². The van der Waals surface area contributed by atoms with Crippen LogP contribution in [0.3, 0.4) is 0 Å². The zero-order valence-corrected chi connectivity index (χ0v) is 6.81. The monoisotopic (exact) mass is 188 g/mol. The molecule has 1 aromatic rings. The van der Waals surface area contributed by atoms with Gasteiger partial charge in [0.1, 0.15) is 12.7 Å². The molecular formula is C8H6ClFO2. The lowest BCUT2D eigenvalue weighted by Gasteiger charge is -2.01. The number of aliphatic hydroxyl groups excluding tert-OH is 1. The second kappa shape index (κ2) is 2.61. The van der Waals surface area contributed by atoms with Crippen LogP contribution in [0.25, 0.3) is 0 Å². The molecule has 0 saturated carbocycles. The van der Waals surface area contributed by atoms with Crippen LogP contribution in [0.5, 0.6) is 5.75 Å². The zero-order chi connectivity index (χ0) is 8.72. The predicted octanol–water partition coefficient (Wildman–Crippen LogP) is 1.90. The molecule has 0 saturated heterocycles. The molecule has 2 nitrogen and oxygen atoms in total. The first-order valence-corrected chi connectivity index (χ1v) is 3.86. The van der Waals surface area contributed by atoms with Gasteiger partial charge in [-0.25, -0.2) is 4.39 Å². The van der Waals surface area contributed by atoms with Gasteiger partial charge in [-0.05, 0) is 6.07 Å². The van der Waals surface area contributed by atoms with Gasteiger partial charge in [-0.2, -0.15) is 0 Å². The standard InChI is InChI=1S/C8H6ClFO2/c9-5-2-1-4-6(11)3-12-8(4)7(5)10/h1-2,6,11H,3H2. The second-order valence-corrected chi connectivity index (χ2v) is 3.01. The SMILES string of the molecule is OC1COc2c1ccc(Cl)c2F. The van der Waals surface area contributed by atoms with Gasteiger partial charge in [0.25, 0.3) is 0 Å². The number of aliphatic hydroxyl groups is 1. The molecular weight excluding hydrogens is 183 g/mol. The summed E-state index contributed by atoms with van der Waals surface area (Å²) in [7, 11) is 0. The van der Waals surface area contributed by atoms with Crippen molar-refractivity contribution in [1.29, 1.82) is 0 Å². The maximum Gasteiger partial charge on any atom is 0.183 e. The molecule has 0 fully saturated rings. The molecule has 0 radical (unpaired) electrons. The van der Waals surface area contributed by atoms with E-state index in [1.165, 1.54) is 6.07 Å². The zero-order valence-electron chi connectivity index (χ0n) is 6.05. The van der Waals surface area contributed by atoms with Crippen molar-refractivity contribution in [2.75, 3.05) is 6.61 Å². The van der Waals surface area contributed by atoms with Gasteiger partial charge in [-0.15, -0.1) is 0 Å². The third-order valence-corrected chi connectivity index (χ3v) is 2.12. The Hall–Kier alpha value is -0.800. The number of hydrogen-bond donors (Lipinski definition) is 1. The maximum absolute atomic E-state index is 13.1. The fraction of sp³-hybridized carbons (Fsp3) is 0.250. The highest BCUT2D eigenvalue weighted by molar-refractivity contribution is 6.30. The molecule has 1 unspecified atom stereocenters. The smallest absolute Gasteiger partial charge is 0.183 e. The van der Waals surface area contributed by atoms with Crippen LogP contribution in [0.2, 0.25) is 5.02 Å². The highest BCUT2D eigenvalue weighted by Gasteiger charge is 2.26. The number of benzene rings is 1. The fourth-order valence-electron chi connectivity index (χ4n) is 1.21. The summed E-state index contributed by atoms with van der Waals surface area (Å²) in [4.78, 5) is 0. The molecule has 4 heteroatoms. The number of ether oxygens (including phenoxy) is 1. The van der Waals surface area contributed by atoms with E-state index in [4.69, 9.17) is 16.3 Å². The molecule has 0 bridgehead atoms. The number of halogens is 2. The van der Waals surface area contributed by atoms with Crippen molar-refractivity contribution in [2.45, 2.75) is 6.10 Å². The summed E-state index contributed by atoms with van der Waals surface area (Å²) in [6, 6.07) is 2.98. The van der Waals surface area contributed by atoms with Crippen molar-refractivity contribution in [3.8, 4) is 5.75 Å². The first-order valence-electron chi connectivity index (χ1n) is 3.49. The Labute approximate surface area is 73.5 Å². The minimum Gasteiger partial charge on any atom is -0.487 e. The highest BCUT2D eigenvalue weighted by Crippen LogP contribution is 2.37. The Morgan fingerprint density at radius 2 is 2.33 bits per heavy atom. The van der Waals surface area contributed by atoms with Crippen LogP contribution in [0.15, 0.2) is 12.1 Å². The van der Waals surface area contributed by atoms with Crippen LogP contribution in [-0.4, -0.2) is 11.7 Å². The largest absolute Gasteiger partial charge is 0.487 e. The van der Waals surface area contributed by atoms with Gasteiger partial charge in [0.05, 0.1) is 5.02 Å². The lowest BCUT2D eigenvalue weighted by atomic mass is 10.1. The van der Waals surface area contributed by atoms with Crippen molar-refractivity contribution in [2.24, 2.45) is 0 Å². The second-order valence-electron chi connectivity index (χ2n) is 2.61. The minimum atomic E-state index is -0.730. The van der Waals surface area contributed by atoms with E-state index in [1.54, 1.807) is 6.07 Å². The molecule has 0 aliphatic carbocycles. The van der Waals surface area contributed by atoms with Crippen LogP contribution >= 0.6 is 11.6 Å². The molecule has 12 heavy (non-hydrogen) atoms. The van der Waals surface area contributed by atoms with Crippen LogP contribution in [-0.2, 0) is 0 Å². The normalized spacial score (nSPS) is 20.4. The van der Waals surface area contributed by atoms with Crippen molar-refractivity contribution >= 4 is 11.6 Å². The Morgan fingerprint density at radius 1 is 1.58 bits per heavy atom. The first-order chi connectivity index (χ1) is 5.70. The molecule has 1 N–H and O–H groups in total. The Bertz CT molecular complexity index is 327. The van der Waals surface area contributed by atoms with Crippen LogP contribution in [0.1, 0.15) is 11.7 Å². The Kier molecular flexibility index (Phi) is 1.70. The third-order valence-electron chi connectivity index (χ3n) is 1.82. The van der Waals surface area contributed by atoms with E-state index >= 15 is 0 Å². The van der Waals surface area contributed by atoms with E-state index < -0.39 is 11.9 Å². The molecule has 1 aliphatic heterocycles. The van der Waals surface area contributed by atoms with Crippen LogP contribution in [0, 0.1) is 5.82 Å². The van der Waals surface area contributed by atoms with Gasteiger partial charge in [-0.1, -0.05) is 17.7 Å². The molecule has 0 aromatic heterocycles. The minimum absolute atomic E-state index is 0.0165. The summed E-state index contributed by atoms with van der Waals surface area (Å²) < 4.78 is 18.0. The summed E-state index contributed by atoms with van der Waals surface area (Å²) in [5.74, 6) is -0.513. The molecule has 0 amide bonds. The molecule has 2 rings (SSSR count). The van der Waals surface area contributed by atoms with Gasteiger partial charge >= 0.3 is 0 Å². The van der Waals surface area contributed by atoms with E-state index in [2.05, 4.69) is 0 Å². The van der Waals surface area contributed by atoms with Gasteiger partial charge in [0.15, 0.2) is 11.6 Å². The Balaban J connectivity index is 2.60. The van der Waals surface area contributed by atoms with Crippen molar-refractivity contribution in [3.05, 3.63) is 28.5 Å². The summed E-state index contributed by atoms with van der Waals surface area (Å²) in [5, 5.41) is 9.28. The molecule has 1 atom stereocenters. The van der Waals surface area contributed by atoms with Gasteiger partial charge in [0, 0.05) is 5.56 Å². The maximum atomic E-state index is 13.1. The average molecular weight is 189 g/mol. The highest BCUT2D eigenvalue weighted by atomic mass is 35.5. The lowest BCUT2D eigenvalue weighted by molar-refractivity contribution is 0.139. The van der Waals surface area contributed by atoms with Crippen LogP contribution < -0.4 is 4.74 Å². The Morgan fingerprint density at radius 3 is 3.08 bits per heavy atom. The molecule has 0 spiro atoms. The molecule has 1 aliphatic rings. The topological polar surface area (TPSA) is 29.5 Å². The van der Waals surface area contributed by atoms with Crippen molar-refractivity contribution < 1.29 is 14.2 Å². The van der Waals surface area contributed by atoms with E-state index in [9.17, 15) is 9.50 Å². The number of hydrogen-bond acceptors (Lipinski definition) is 2. The predicted molar refractivity (Wildman–Crippen MR) is 41.9 cm³/mol. The third kappa shape index (κ3) is 0.974. The summed E-state index contributed by atoms with van der Waals surface area (Å²) in [6.45, 7) is 0.104. The van der Waals surface area contributed by atoms with Crippen molar-refractivity contribution in [3.63, 3.8) is 0 Å². The van der Waals surface area contributed by atoms with Gasteiger partial charge < -0.3 is 9.84 Å². The number of rotatable bonds is 0. The average Bonchev–Trinajstić information content (AvgIpc) is 2.41. The lowest BCUT2D eigenvalue weighted by Crippen LogP contribution is -1.97. The van der Waals surface area contributed by atoms with Gasteiger partial charge in [0.2, 0.25) is 0 Å². The van der Waals surface area contributed by atoms with E-state index in [0.29, 0.717) is 5.56 Å². The fourth-order valence-corrected chi connectivity index (χ4v) is 1.36. The summed E-state index contributed by atoms with van der Waals surface area (Å²) in [5.41, 5.74) is 0.469. The van der Waals surface area contributed by atoms with Crippen LogP contribution in [0.4, 0.5) is 4.39 Å². The summed E-state index contributed by atoms with van der Waals surface area (Å²) >= 11 is 5.50. The van der Waals surface area contributed by atoms with Gasteiger partial charge in [-0.3, -0.25) is 0 Å². The first kappa shape index (κ1) is 7.83. The summed E-state index contributed by atoms with van der Waals surface area (Å²) in [6.07, 6.45) is -0.730. The molecule has 1 heterocycles. The van der Waals surface area contributed by atoms with Crippen molar-refractivity contribution in [1.82, 2.24) is 0 Å². The van der Waals surface area contributed by atoms with E-state index in [1.807, 2.05) is 0 Å². The molecule has 64 valence electrons. The molecule has 1 aromatic carbocycles. The van der Waals surface area contributed by atoms with E-state index in [-0.39, 0.29) is 17.4 Å². The quantitative estimate of drug-likeness (QED) is 0.674.